The van der Waals surface area contributed by atoms with Crippen LogP contribution in [-0.4, -0.2) is 17.1 Å². The number of anilines is 1. The number of methoxy groups -OCH3 is 1. The van der Waals surface area contributed by atoms with Crippen LogP contribution in [0.4, 0.5) is 10.1 Å². The second-order valence-electron chi connectivity index (χ2n) is 7.84. The molecular formula is C25H21ClFN3O2. The lowest BCUT2D eigenvalue weighted by atomic mass is 9.99. The zero-order valence-electron chi connectivity index (χ0n) is 17.4. The number of ether oxygens (including phenoxy) is 2. The van der Waals surface area contributed by atoms with Crippen LogP contribution in [0.3, 0.4) is 0 Å². The molecule has 0 bridgehead atoms. The highest BCUT2D eigenvalue weighted by molar-refractivity contribution is 6.31. The Morgan fingerprint density at radius 1 is 1.09 bits per heavy atom. The molecule has 0 amide bonds. The number of nitrogens with zero attached hydrogens (tertiary/aromatic N) is 2. The van der Waals surface area contributed by atoms with Gasteiger partial charge in [0, 0.05) is 11.1 Å². The van der Waals surface area contributed by atoms with Gasteiger partial charge in [-0.3, -0.25) is 0 Å². The minimum atomic E-state index is -0.503. The van der Waals surface area contributed by atoms with Gasteiger partial charge < -0.3 is 15.2 Å². The van der Waals surface area contributed by atoms with E-state index in [0.29, 0.717) is 46.1 Å². The summed E-state index contributed by atoms with van der Waals surface area (Å²) >= 11 is 6.05. The highest BCUT2D eigenvalue weighted by atomic mass is 35.5. The molecule has 1 heterocycles. The van der Waals surface area contributed by atoms with Gasteiger partial charge in [-0.15, -0.1) is 0 Å². The van der Waals surface area contributed by atoms with E-state index in [4.69, 9.17) is 26.8 Å². The predicted molar refractivity (Wildman–Crippen MR) is 124 cm³/mol. The van der Waals surface area contributed by atoms with Crippen LogP contribution in [0.25, 0.3) is 22.2 Å². The molecule has 5 nitrogen and oxygen atoms in total. The Balaban J connectivity index is 1.70. The topological polar surface area (TPSA) is 70.3 Å². The molecule has 3 aromatic carbocycles. The quantitative estimate of drug-likeness (QED) is 0.358. The summed E-state index contributed by atoms with van der Waals surface area (Å²) in [6, 6.07) is 16.6. The molecular weight excluding hydrogens is 429 g/mol. The molecule has 0 aliphatic heterocycles. The van der Waals surface area contributed by atoms with Gasteiger partial charge in [-0.2, -0.15) is 9.97 Å². The van der Waals surface area contributed by atoms with Crippen LogP contribution in [0.2, 0.25) is 5.02 Å². The first kappa shape index (κ1) is 20.5. The molecule has 7 heteroatoms. The van der Waals surface area contributed by atoms with Gasteiger partial charge in [0.1, 0.15) is 18.2 Å². The van der Waals surface area contributed by atoms with E-state index in [1.807, 2.05) is 36.4 Å². The van der Waals surface area contributed by atoms with E-state index in [1.165, 1.54) is 19.2 Å². The molecule has 1 fully saturated rings. The third-order valence-corrected chi connectivity index (χ3v) is 5.89. The van der Waals surface area contributed by atoms with Gasteiger partial charge >= 0.3 is 6.01 Å². The van der Waals surface area contributed by atoms with Crippen molar-refractivity contribution >= 4 is 28.2 Å². The third-order valence-electron chi connectivity index (χ3n) is 5.60. The smallest absolute Gasteiger partial charge is 0.317 e. The molecule has 1 aliphatic rings. The molecule has 2 N–H and O–H groups in total. The van der Waals surface area contributed by atoms with Crippen molar-refractivity contribution in [2.45, 2.75) is 25.4 Å². The largest absolute Gasteiger partial charge is 0.486 e. The van der Waals surface area contributed by atoms with Crippen molar-refractivity contribution in [3.05, 3.63) is 76.6 Å². The first-order valence-electron chi connectivity index (χ1n) is 10.4. The molecule has 1 saturated carbocycles. The van der Waals surface area contributed by atoms with Crippen molar-refractivity contribution in [2.24, 2.45) is 0 Å². The van der Waals surface area contributed by atoms with Crippen molar-refractivity contribution in [2.75, 3.05) is 12.8 Å². The summed E-state index contributed by atoms with van der Waals surface area (Å²) in [4.78, 5) is 9.06. The zero-order valence-corrected chi connectivity index (χ0v) is 18.2. The van der Waals surface area contributed by atoms with Crippen molar-refractivity contribution in [1.82, 2.24) is 9.97 Å². The Bertz CT molecular complexity index is 1310. The normalized spacial score (nSPS) is 13.3. The van der Waals surface area contributed by atoms with Crippen LogP contribution in [0.1, 0.15) is 29.9 Å². The van der Waals surface area contributed by atoms with Gasteiger partial charge in [0.25, 0.3) is 0 Å². The fourth-order valence-electron chi connectivity index (χ4n) is 3.84. The van der Waals surface area contributed by atoms with Gasteiger partial charge in [0.05, 0.1) is 34.4 Å². The summed E-state index contributed by atoms with van der Waals surface area (Å²) in [5.74, 6) is 0.529. The van der Waals surface area contributed by atoms with Gasteiger partial charge in [0.2, 0.25) is 0 Å². The Morgan fingerprint density at radius 3 is 2.56 bits per heavy atom. The first-order chi connectivity index (χ1) is 15.5. The molecule has 5 rings (SSSR count). The Hall–Kier alpha value is -3.38. The molecule has 162 valence electrons. The number of benzene rings is 3. The van der Waals surface area contributed by atoms with Crippen LogP contribution in [0, 0.1) is 5.82 Å². The highest BCUT2D eigenvalue weighted by Crippen LogP contribution is 2.49. The number of nitrogens with two attached hydrogens (primary N) is 1. The van der Waals surface area contributed by atoms with E-state index < -0.39 is 5.82 Å². The third kappa shape index (κ3) is 3.82. The van der Waals surface area contributed by atoms with Crippen LogP contribution < -0.4 is 15.2 Å². The van der Waals surface area contributed by atoms with E-state index in [-0.39, 0.29) is 11.0 Å². The lowest BCUT2D eigenvalue weighted by molar-refractivity contribution is 0.305. The number of aromatic nitrogens is 2. The Labute approximate surface area is 190 Å². The molecule has 1 aliphatic carbocycles. The summed E-state index contributed by atoms with van der Waals surface area (Å²) in [5.41, 5.74) is 11.0. The fourth-order valence-corrected chi connectivity index (χ4v) is 4.02. The summed E-state index contributed by atoms with van der Waals surface area (Å²) in [5, 5.41) is 0.628. The van der Waals surface area contributed by atoms with E-state index in [0.717, 1.165) is 24.0 Å². The fraction of sp³-hybridized carbons (Fsp3) is 0.200. The number of hydrogen-bond donors (Lipinski definition) is 1. The van der Waals surface area contributed by atoms with Crippen LogP contribution in [0.15, 0.2) is 54.6 Å². The van der Waals surface area contributed by atoms with Gasteiger partial charge in [-0.1, -0.05) is 41.9 Å². The zero-order chi connectivity index (χ0) is 22.2. The lowest BCUT2D eigenvalue weighted by Crippen LogP contribution is -2.05. The summed E-state index contributed by atoms with van der Waals surface area (Å²) < 4.78 is 25.4. The van der Waals surface area contributed by atoms with Crippen LogP contribution >= 0.6 is 11.6 Å². The van der Waals surface area contributed by atoms with Crippen molar-refractivity contribution in [3.63, 3.8) is 0 Å². The van der Waals surface area contributed by atoms with Gasteiger partial charge in [-0.25, -0.2) is 4.39 Å². The monoisotopic (exact) mass is 449 g/mol. The van der Waals surface area contributed by atoms with Gasteiger partial charge in [0.15, 0.2) is 0 Å². The maximum atomic E-state index is 13.8. The minimum absolute atomic E-state index is 0.00181. The standard InChI is InChI=1S/C25H21ClFN3O2/c1-31-25-29-20-12-17(15-7-8-15)24(32-13-14-5-3-2-4-6-14)22(28)21(20)23(30-25)16-9-10-19(27)18(26)11-16/h2-6,9-12,15H,7-8,13,28H2,1H3. The molecule has 0 radical (unpaired) electrons. The molecule has 4 aromatic rings. The molecule has 0 atom stereocenters. The number of nitrogen functional groups attached to an aromatic ring is 1. The predicted octanol–water partition coefficient (Wildman–Crippen LogP) is 6.14. The van der Waals surface area contributed by atoms with Crippen molar-refractivity contribution < 1.29 is 13.9 Å². The lowest BCUT2D eigenvalue weighted by Gasteiger charge is -2.18. The van der Waals surface area contributed by atoms with E-state index in [2.05, 4.69) is 9.97 Å². The maximum absolute atomic E-state index is 13.8. The molecule has 0 saturated heterocycles. The van der Waals surface area contributed by atoms with Crippen LogP contribution in [-0.2, 0) is 6.61 Å². The van der Waals surface area contributed by atoms with E-state index in [1.54, 1.807) is 6.07 Å². The van der Waals surface area contributed by atoms with Crippen molar-refractivity contribution in [3.8, 4) is 23.0 Å². The summed E-state index contributed by atoms with van der Waals surface area (Å²) in [6.45, 7) is 0.394. The first-order valence-corrected chi connectivity index (χ1v) is 10.7. The Morgan fingerprint density at radius 2 is 1.88 bits per heavy atom. The van der Waals surface area contributed by atoms with Crippen LogP contribution in [0.5, 0.6) is 11.8 Å². The molecule has 32 heavy (non-hydrogen) atoms. The highest BCUT2D eigenvalue weighted by Gasteiger charge is 2.30. The van der Waals surface area contributed by atoms with Gasteiger partial charge in [-0.05, 0) is 48.6 Å². The number of fused-ring (bicyclic) bond motifs is 1. The molecule has 0 spiro atoms. The molecule has 1 aromatic heterocycles. The summed E-state index contributed by atoms with van der Waals surface area (Å²) in [6.07, 6.45) is 2.16. The van der Waals surface area contributed by atoms with E-state index in [9.17, 15) is 4.39 Å². The second kappa shape index (κ2) is 8.28. The number of hydrogen-bond acceptors (Lipinski definition) is 5. The average Bonchev–Trinajstić information content (AvgIpc) is 3.65. The molecule has 0 unspecified atom stereocenters. The number of rotatable bonds is 6. The SMILES string of the molecule is COc1nc(-c2ccc(F)c(Cl)c2)c2c(N)c(OCc3ccccc3)c(C3CC3)cc2n1. The number of halogens is 2. The Kier molecular flexibility index (Phi) is 5.31. The second-order valence-corrected chi connectivity index (χ2v) is 8.25. The summed E-state index contributed by atoms with van der Waals surface area (Å²) in [7, 11) is 1.51. The van der Waals surface area contributed by atoms with E-state index >= 15 is 0 Å². The maximum Gasteiger partial charge on any atom is 0.317 e. The average molecular weight is 450 g/mol. The minimum Gasteiger partial charge on any atom is -0.486 e. The van der Waals surface area contributed by atoms with Crippen molar-refractivity contribution in [1.29, 1.82) is 0 Å².